The summed E-state index contributed by atoms with van der Waals surface area (Å²) >= 11 is 0. The number of nitrogens with zero attached hydrogens (tertiary/aromatic N) is 1. The van der Waals surface area contributed by atoms with E-state index in [2.05, 4.69) is 17.4 Å². The molecule has 0 fully saturated rings. The third-order valence-corrected chi connectivity index (χ3v) is 4.77. The maximum atomic E-state index is 12.3. The summed E-state index contributed by atoms with van der Waals surface area (Å²) in [6, 6.07) is 19.3. The van der Waals surface area contributed by atoms with Gasteiger partial charge in [-0.25, -0.2) is 0 Å². The van der Waals surface area contributed by atoms with Gasteiger partial charge in [0, 0.05) is 24.0 Å². The number of hydrogen-bond donors (Lipinski definition) is 1. The average Bonchev–Trinajstić information content (AvgIpc) is 2.71. The lowest BCUT2D eigenvalue weighted by atomic mass is 10.1. The van der Waals surface area contributed by atoms with Crippen LogP contribution in [0.5, 0.6) is 5.75 Å². The highest BCUT2D eigenvalue weighted by atomic mass is 16.5. The number of aryl methyl sites for hydroxylation is 2. The van der Waals surface area contributed by atoms with E-state index in [0.29, 0.717) is 12.3 Å². The number of nitrogens with one attached hydrogen (secondary N) is 1. The molecule has 0 radical (unpaired) electrons. The van der Waals surface area contributed by atoms with Crippen LogP contribution in [0.2, 0.25) is 0 Å². The van der Waals surface area contributed by atoms with Crippen LogP contribution in [0, 0.1) is 0 Å². The van der Waals surface area contributed by atoms with Crippen LogP contribution in [-0.4, -0.2) is 23.1 Å². The van der Waals surface area contributed by atoms with Crippen LogP contribution in [0.3, 0.4) is 0 Å². The van der Waals surface area contributed by atoms with E-state index >= 15 is 0 Å². The first-order valence-electron chi connectivity index (χ1n) is 9.67. The molecule has 0 aliphatic carbocycles. The van der Waals surface area contributed by atoms with Crippen molar-refractivity contribution >= 4 is 16.8 Å². The maximum absolute atomic E-state index is 12.3. The van der Waals surface area contributed by atoms with Gasteiger partial charge in [-0.1, -0.05) is 42.5 Å². The lowest BCUT2D eigenvalue weighted by molar-refractivity contribution is -0.123. The highest BCUT2D eigenvalue weighted by molar-refractivity contribution is 5.86. The summed E-state index contributed by atoms with van der Waals surface area (Å²) in [7, 11) is 0. The Morgan fingerprint density at radius 3 is 2.57 bits per heavy atom. The Balaban J connectivity index is 1.59. The lowest BCUT2D eigenvalue weighted by Crippen LogP contribution is -2.36. The third-order valence-electron chi connectivity index (χ3n) is 4.77. The van der Waals surface area contributed by atoms with E-state index in [1.807, 2.05) is 56.3 Å². The van der Waals surface area contributed by atoms with Gasteiger partial charge in [0.25, 0.3) is 11.5 Å². The second kappa shape index (κ2) is 9.22. The van der Waals surface area contributed by atoms with Gasteiger partial charge in [0.15, 0.2) is 6.61 Å². The van der Waals surface area contributed by atoms with Crippen LogP contribution in [0.4, 0.5) is 0 Å². The summed E-state index contributed by atoms with van der Waals surface area (Å²) in [4.78, 5) is 24.6. The first-order chi connectivity index (χ1) is 13.6. The van der Waals surface area contributed by atoms with E-state index in [9.17, 15) is 9.59 Å². The molecule has 1 N–H and O–H groups in total. The van der Waals surface area contributed by atoms with Crippen molar-refractivity contribution in [3.05, 3.63) is 76.6 Å². The van der Waals surface area contributed by atoms with Crippen molar-refractivity contribution in [1.82, 2.24) is 9.88 Å². The van der Waals surface area contributed by atoms with E-state index < -0.39 is 0 Å². The topological polar surface area (TPSA) is 60.3 Å². The normalized spacial score (nSPS) is 11.9. The number of fused-ring (bicyclic) bond motifs is 1. The molecule has 1 heterocycles. The van der Waals surface area contributed by atoms with Crippen molar-refractivity contribution < 1.29 is 9.53 Å². The Kier molecular flexibility index (Phi) is 6.48. The van der Waals surface area contributed by atoms with E-state index in [-0.39, 0.29) is 24.1 Å². The van der Waals surface area contributed by atoms with Crippen LogP contribution >= 0.6 is 0 Å². The molecule has 0 saturated heterocycles. The zero-order valence-corrected chi connectivity index (χ0v) is 16.4. The van der Waals surface area contributed by atoms with Crippen LogP contribution in [0.15, 0.2) is 65.5 Å². The molecule has 0 aliphatic rings. The van der Waals surface area contributed by atoms with E-state index in [0.717, 1.165) is 23.7 Å². The van der Waals surface area contributed by atoms with Gasteiger partial charge >= 0.3 is 0 Å². The van der Waals surface area contributed by atoms with Crippen molar-refractivity contribution in [1.29, 1.82) is 0 Å². The summed E-state index contributed by atoms with van der Waals surface area (Å²) in [6.07, 6.45) is 1.76. The summed E-state index contributed by atoms with van der Waals surface area (Å²) < 4.78 is 7.39. The number of benzene rings is 2. The van der Waals surface area contributed by atoms with E-state index in [1.54, 1.807) is 4.57 Å². The molecule has 5 heteroatoms. The van der Waals surface area contributed by atoms with Crippen LogP contribution < -0.4 is 15.6 Å². The summed E-state index contributed by atoms with van der Waals surface area (Å²) in [5.74, 6) is 0.252. The number of carbonyl (C=O) groups excluding carboxylic acids is 1. The summed E-state index contributed by atoms with van der Waals surface area (Å²) in [5.41, 5.74) is 1.93. The number of aromatic nitrogens is 1. The monoisotopic (exact) mass is 378 g/mol. The number of rotatable bonds is 8. The molecule has 3 aromatic rings. The van der Waals surface area contributed by atoms with Gasteiger partial charge in [0.05, 0.1) is 5.52 Å². The molecular weight excluding hydrogens is 352 g/mol. The second-order valence-electron chi connectivity index (χ2n) is 6.89. The number of amides is 1. The highest BCUT2D eigenvalue weighted by Crippen LogP contribution is 2.23. The van der Waals surface area contributed by atoms with Crippen molar-refractivity contribution in [3.8, 4) is 5.75 Å². The average molecular weight is 378 g/mol. The van der Waals surface area contributed by atoms with Gasteiger partial charge in [0.1, 0.15) is 5.75 Å². The maximum Gasteiger partial charge on any atom is 0.258 e. The Morgan fingerprint density at radius 2 is 1.82 bits per heavy atom. The standard InChI is InChI=1S/C23H26N2O3/c1-3-25-20-12-8-7-11-19(20)21(15-23(25)27)28-16-22(26)24-17(2)13-14-18-9-5-4-6-10-18/h4-12,15,17H,3,13-14,16H2,1-2H3,(H,24,26)/t17-/m0/s1. The first-order valence-corrected chi connectivity index (χ1v) is 9.67. The van der Waals surface area contributed by atoms with Crippen molar-refractivity contribution in [2.45, 2.75) is 39.3 Å². The molecule has 0 spiro atoms. The number of carbonyl (C=O) groups is 1. The molecule has 0 saturated carbocycles. The zero-order valence-electron chi connectivity index (χ0n) is 16.4. The molecule has 0 aliphatic heterocycles. The molecule has 1 amide bonds. The Hall–Kier alpha value is -3.08. The molecule has 0 bridgehead atoms. The third kappa shape index (κ3) is 4.80. The molecule has 0 unspecified atom stereocenters. The fraction of sp³-hybridized carbons (Fsp3) is 0.304. The Morgan fingerprint density at radius 1 is 1.11 bits per heavy atom. The minimum absolute atomic E-state index is 0.0427. The fourth-order valence-electron chi connectivity index (χ4n) is 3.31. The number of para-hydroxylation sites is 1. The Labute approximate surface area is 165 Å². The summed E-state index contributed by atoms with van der Waals surface area (Å²) in [5, 5.41) is 3.79. The highest BCUT2D eigenvalue weighted by Gasteiger charge is 2.12. The lowest BCUT2D eigenvalue weighted by Gasteiger charge is -2.16. The van der Waals surface area contributed by atoms with Crippen molar-refractivity contribution in [2.75, 3.05) is 6.61 Å². The van der Waals surface area contributed by atoms with Gasteiger partial charge in [0.2, 0.25) is 0 Å². The van der Waals surface area contributed by atoms with E-state index in [4.69, 9.17) is 4.74 Å². The summed E-state index contributed by atoms with van der Waals surface area (Å²) in [6.45, 7) is 4.38. The Bertz CT molecular complexity index is 996. The minimum atomic E-state index is -0.190. The van der Waals surface area contributed by atoms with Gasteiger partial charge in [-0.3, -0.25) is 9.59 Å². The van der Waals surface area contributed by atoms with Crippen LogP contribution in [-0.2, 0) is 17.8 Å². The second-order valence-corrected chi connectivity index (χ2v) is 6.89. The molecule has 3 rings (SSSR count). The fourth-order valence-corrected chi connectivity index (χ4v) is 3.31. The number of ether oxygens (including phenoxy) is 1. The first kappa shape index (κ1) is 19.7. The smallest absolute Gasteiger partial charge is 0.258 e. The minimum Gasteiger partial charge on any atom is -0.483 e. The molecule has 1 atom stereocenters. The predicted octanol–water partition coefficient (Wildman–Crippen LogP) is 3.54. The molecule has 146 valence electrons. The van der Waals surface area contributed by atoms with Crippen LogP contribution in [0.1, 0.15) is 25.8 Å². The van der Waals surface area contributed by atoms with Gasteiger partial charge in [-0.2, -0.15) is 0 Å². The molecule has 2 aromatic carbocycles. The molecular formula is C23H26N2O3. The number of hydrogen-bond acceptors (Lipinski definition) is 3. The van der Waals surface area contributed by atoms with E-state index in [1.165, 1.54) is 11.6 Å². The quantitative estimate of drug-likeness (QED) is 0.652. The predicted molar refractivity (Wildman–Crippen MR) is 112 cm³/mol. The van der Waals surface area contributed by atoms with Crippen LogP contribution in [0.25, 0.3) is 10.9 Å². The number of pyridine rings is 1. The van der Waals surface area contributed by atoms with Crippen molar-refractivity contribution in [3.63, 3.8) is 0 Å². The molecule has 5 nitrogen and oxygen atoms in total. The van der Waals surface area contributed by atoms with Gasteiger partial charge < -0.3 is 14.6 Å². The van der Waals surface area contributed by atoms with Gasteiger partial charge in [-0.15, -0.1) is 0 Å². The van der Waals surface area contributed by atoms with Gasteiger partial charge in [-0.05, 0) is 44.4 Å². The largest absolute Gasteiger partial charge is 0.483 e. The molecule has 28 heavy (non-hydrogen) atoms. The SMILES string of the molecule is CCn1c(=O)cc(OCC(=O)N[C@@H](C)CCc2ccccc2)c2ccccc21. The molecule has 1 aromatic heterocycles. The zero-order chi connectivity index (χ0) is 19.9. The van der Waals surface area contributed by atoms with Crippen molar-refractivity contribution in [2.24, 2.45) is 0 Å².